The van der Waals surface area contributed by atoms with Crippen molar-refractivity contribution in [3.8, 4) is 0 Å². The minimum absolute atomic E-state index is 0.335. The van der Waals surface area contributed by atoms with Crippen LogP contribution in [0.4, 0.5) is 0 Å². The molecule has 1 N–H and O–H groups in total. The van der Waals surface area contributed by atoms with Crippen molar-refractivity contribution in [1.82, 2.24) is 19.7 Å². The Morgan fingerprint density at radius 1 is 1.25 bits per heavy atom. The molecule has 16 heavy (non-hydrogen) atoms. The van der Waals surface area contributed by atoms with E-state index in [1.807, 2.05) is 4.57 Å². The molecule has 0 saturated carbocycles. The zero-order valence-corrected chi connectivity index (χ0v) is 9.62. The Kier molecular flexibility index (Phi) is 4.30. The molecule has 1 fully saturated rings. The van der Waals surface area contributed by atoms with Gasteiger partial charge >= 0.3 is 0 Å². The van der Waals surface area contributed by atoms with Gasteiger partial charge in [0.05, 0.1) is 0 Å². The van der Waals surface area contributed by atoms with Crippen LogP contribution in [0, 0.1) is 5.92 Å². The molecule has 1 aliphatic heterocycles. The van der Waals surface area contributed by atoms with Crippen LogP contribution < -0.4 is 0 Å². The maximum absolute atomic E-state index is 9.14. The van der Waals surface area contributed by atoms with E-state index in [9.17, 15) is 0 Å². The van der Waals surface area contributed by atoms with Crippen molar-refractivity contribution in [3.63, 3.8) is 0 Å². The predicted octanol–water partition coefficient (Wildman–Crippen LogP) is 0.372. The Labute approximate surface area is 96.1 Å². The second kappa shape index (κ2) is 5.96. The monoisotopic (exact) mass is 224 g/mol. The van der Waals surface area contributed by atoms with Crippen LogP contribution in [0.5, 0.6) is 0 Å². The Bertz CT molecular complexity index is 288. The van der Waals surface area contributed by atoms with E-state index in [-0.39, 0.29) is 0 Å². The molecule has 0 bridgehead atoms. The van der Waals surface area contributed by atoms with Crippen molar-refractivity contribution in [2.75, 3.05) is 26.2 Å². The van der Waals surface area contributed by atoms with Gasteiger partial charge in [0, 0.05) is 19.7 Å². The highest BCUT2D eigenvalue weighted by atomic mass is 16.3. The Hall–Kier alpha value is -0.940. The van der Waals surface area contributed by atoms with Gasteiger partial charge in [-0.3, -0.25) is 0 Å². The molecule has 2 heterocycles. The van der Waals surface area contributed by atoms with E-state index in [0.29, 0.717) is 12.5 Å². The maximum Gasteiger partial charge on any atom is 0.119 e. The van der Waals surface area contributed by atoms with E-state index in [4.69, 9.17) is 5.11 Å². The fourth-order valence-corrected chi connectivity index (χ4v) is 2.32. The lowest BCUT2D eigenvalue weighted by Gasteiger charge is -2.31. The van der Waals surface area contributed by atoms with Crippen LogP contribution in [0.3, 0.4) is 0 Å². The third-order valence-corrected chi connectivity index (χ3v) is 3.22. The first-order chi connectivity index (χ1) is 7.88. The van der Waals surface area contributed by atoms with Crippen molar-refractivity contribution in [3.05, 3.63) is 12.7 Å². The molecule has 1 saturated heterocycles. The molecular weight excluding hydrogens is 204 g/mol. The van der Waals surface area contributed by atoms with E-state index in [1.54, 1.807) is 12.7 Å². The first-order valence-electron chi connectivity index (χ1n) is 6.04. The number of aryl methyl sites for hydroxylation is 1. The lowest BCUT2D eigenvalue weighted by atomic mass is 9.99. The number of nitrogens with zero attached hydrogens (tertiary/aromatic N) is 4. The molecule has 0 spiro atoms. The van der Waals surface area contributed by atoms with E-state index in [0.717, 1.165) is 26.1 Å². The smallest absolute Gasteiger partial charge is 0.119 e. The molecule has 1 aromatic heterocycles. The number of aliphatic hydroxyl groups excluding tert-OH is 1. The minimum Gasteiger partial charge on any atom is -0.396 e. The highest BCUT2D eigenvalue weighted by molar-refractivity contribution is 4.72. The summed E-state index contributed by atoms with van der Waals surface area (Å²) in [6.45, 7) is 4.65. The fourth-order valence-electron chi connectivity index (χ4n) is 2.32. The average molecular weight is 224 g/mol. The van der Waals surface area contributed by atoms with Crippen molar-refractivity contribution < 1.29 is 5.11 Å². The first kappa shape index (κ1) is 11.5. The summed E-state index contributed by atoms with van der Waals surface area (Å²) < 4.78 is 2.01. The summed E-state index contributed by atoms with van der Waals surface area (Å²) in [7, 11) is 0. The largest absolute Gasteiger partial charge is 0.396 e. The van der Waals surface area contributed by atoms with Gasteiger partial charge in [0.15, 0.2) is 0 Å². The van der Waals surface area contributed by atoms with Crippen LogP contribution in [0.2, 0.25) is 0 Å². The SMILES string of the molecule is OCC1CCCN(CCCn2cnnc2)C1. The van der Waals surface area contributed by atoms with Crippen molar-refractivity contribution in [1.29, 1.82) is 0 Å². The number of hydrogen-bond donors (Lipinski definition) is 1. The zero-order valence-electron chi connectivity index (χ0n) is 9.62. The summed E-state index contributed by atoms with van der Waals surface area (Å²) in [5.41, 5.74) is 0. The van der Waals surface area contributed by atoms with E-state index < -0.39 is 0 Å². The van der Waals surface area contributed by atoms with Gasteiger partial charge in [-0.1, -0.05) is 0 Å². The standard InChI is InChI=1S/C11H20N4O/c16-8-11-3-1-4-14(7-11)5-2-6-15-9-12-13-10-15/h9-11,16H,1-8H2. The molecule has 1 aromatic rings. The normalized spacial score (nSPS) is 22.4. The topological polar surface area (TPSA) is 54.2 Å². The van der Waals surface area contributed by atoms with Crippen LogP contribution in [0.1, 0.15) is 19.3 Å². The van der Waals surface area contributed by atoms with Gasteiger partial charge in [0.2, 0.25) is 0 Å². The molecule has 2 rings (SSSR count). The number of hydrogen-bond acceptors (Lipinski definition) is 4. The second-order valence-electron chi connectivity index (χ2n) is 4.54. The average Bonchev–Trinajstić information content (AvgIpc) is 2.82. The van der Waals surface area contributed by atoms with Crippen LogP contribution in [0.15, 0.2) is 12.7 Å². The predicted molar refractivity (Wildman–Crippen MR) is 60.9 cm³/mol. The lowest BCUT2D eigenvalue weighted by Crippen LogP contribution is -2.37. The lowest BCUT2D eigenvalue weighted by molar-refractivity contribution is 0.119. The Balaban J connectivity index is 1.65. The number of rotatable bonds is 5. The minimum atomic E-state index is 0.335. The summed E-state index contributed by atoms with van der Waals surface area (Å²) in [5, 5.41) is 16.7. The van der Waals surface area contributed by atoms with Gasteiger partial charge in [-0.05, 0) is 38.3 Å². The van der Waals surface area contributed by atoms with Gasteiger partial charge in [-0.25, -0.2) is 0 Å². The van der Waals surface area contributed by atoms with Gasteiger partial charge in [-0.15, -0.1) is 10.2 Å². The highest BCUT2D eigenvalue weighted by Crippen LogP contribution is 2.15. The Morgan fingerprint density at radius 3 is 2.81 bits per heavy atom. The molecule has 0 aromatic carbocycles. The molecular formula is C11H20N4O. The van der Waals surface area contributed by atoms with Crippen LogP contribution in [-0.4, -0.2) is 51.0 Å². The Morgan fingerprint density at radius 2 is 2.06 bits per heavy atom. The number of likely N-dealkylation sites (tertiary alicyclic amines) is 1. The summed E-state index contributed by atoms with van der Waals surface area (Å²) >= 11 is 0. The molecule has 90 valence electrons. The molecule has 5 heteroatoms. The molecule has 0 radical (unpaired) electrons. The van der Waals surface area contributed by atoms with Gasteiger partial charge < -0.3 is 14.6 Å². The molecule has 1 aliphatic rings. The second-order valence-corrected chi connectivity index (χ2v) is 4.54. The van der Waals surface area contributed by atoms with Gasteiger partial charge in [0.25, 0.3) is 0 Å². The van der Waals surface area contributed by atoms with Crippen molar-refractivity contribution in [2.24, 2.45) is 5.92 Å². The fraction of sp³-hybridized carbons (Fsp3) is 0.818. The summed E-state index contributed by atoms with van der Waals surface area (Å²) in [4.78, 5) is 2.45. The van der Waals surface area contributed by atoms with Gasteiger partial charge in [0.1, 0.15) is 12.7 Å². The zero-order chi connectivity index (χ0) is 11.2. The molecule has 1 unspecified atom stereocenters. The summed E-state index contributed by atoms with van der Waals surface area (Å²) in [6, 6.07) is 0. The van der Waals surface area contributed by atoms with E-state index in [1.165, 1.54) is 19.4 Å². The van der Waals surface area contributed by atoms with Crippen LogP contribution in [-0.2, 0) is 6.54 Å². The van der Waals surface area contributed by atoms with Crippen LogP contribution in [0.25, 0.3) is 0 Å². The van der Waals surface area contributed by atoms with E-state index in [2.05, 4.69) is 15.1 Å². The highest BCUT2D eigenvalue weighted by Gasteiger charge is 2.18. The third kappa shape index (κ3) is 3.28. The van der Waals surface area contributed by atoms with Crippen LogP contribution >= 0.6 is 0 Å². The third-order valence-electron chi connectivity index (χ3n) is 3.22. The number of piperidine rings is 1. The van der Waals surface area contributed by atoms with Crippen molar-refractivity contribution in [2.45, 2.75) is 25.8 Å². The summed E-state index contributed by atoms with van der Waals surface area (Å²) in [6.07, 6.45) is 7.03. The maximum atomic E-state index is 9.14. The quantitative estimate of drug-likeness (QED) is 0.785. The van der Waals surface area contributed by atoms with E-state index >= 15 is 0 Å². The number of aliphatic hydroxyl groups is 1. The molecule has 1 atom stereocenters. The molecule has 5 nitrogen and oxygen atoms in total. The summed E-state index contributed by atoms with van der Waals surface area (Å²) in [5.74, 6) is 0.490. The molecule has 0 aliphatic carbocycles. The number of aromatic nitrogens is 3. The molecule has 0 amide bonds. The first-order valence-corrected chi connectivity index (χ1v) is 6.04. The van der Waals surface area contributed by atoms with Crippen molar-refractivity contribution >= 4 is 0 Å². The van der Waals surface area contributed by atoms with Gasteiger partial charge in [-0.2, -0.15) is 0 Å².